The summed E-state index contributed by atoms with van der Waals surface area (Å²) in [6.07, 6.45) is 2.93. The van der Waals surface area contributed by atoms with Crippen LogP contribution in [-0.4, -0.2) is 33.2 Å². The van der Waals surface area contributed by atoms with Crippen LogP contribution in [0.15, 0.2) is 73.1 Å². The summed E-state index contributed by atoms with van der Waals surface area (Å²) in [5.41, 5.74) is 11.0. The van der Waals surface area contributed by atoms with Crippen LogP contribution in [0, 0.1) is 0 Å². The van der Waals surface area contributed by atoms with Crippen molar-refractivity contribution in [1.82, 2.24) is 19.5 Å². The standard InChI is InChI=1S/C25H19ClF2N6O2/c1-35-33-12-2-3-18(22(33)29)23-32-21-11-10-20(19-9-8-17(14-30-19)36-25(27)28)31-24(21)34(23)16-6-4-15(13-26)5-7-16/h2-12,14,25,29H,13H2,1H3/p+1. The molecule has 182 valence electrons. The number of nitrogen functional groups attached to an aromatic ring is 1. The van der Waals surface area contributed by atoms with Crippen LogP contribution in [0.2, 0.25) is 0 Å². The highest BCUT2D eigenvalue weighted by Gasteiger charge is 2.22. The van der Waals surface area contributed by atoms with E-state index in [1.54, 1.807) is 24.4 Å². The lowest BCUT2D eigenvalue weighted by Gasteiger charge is -2.11. The van der Waals surface area contributed by atoms with Crippen LogP contribution in [-0.2, 0) is 5.88 Å². The Morgan fingerprint density at radius 1 is 1.03 bits per heavy atom. The van der Waals surface area contributed by atoms with E-state index in [0.717, 1.165) is 11.3 Å². The van der Waals surface area contributed by atoms with Gasteiger partial charge in [-0.1, -0.05) is 12.1 Å². The maximum absolute atomic E-state index is 12.5. The van der Waals surface area contributed by atoms with Gasteiger partial charge in [0.25, 0.3) is 0 Å². The van der Waals surface area contributed by atoms with E-state index in [-0.39, 0.29) is 5.75 Å². The number of fused-ring (bicyclic) bond motifs is 1. The molecule has 0 saturated heterocycles. The molecule has 0 fully saturated rings. The number of anilines is 1. The predicted molar refractivity (Wildman–Crippen MR) is 131 cm³/mol. The quantitative estimate of drug-likeness (QED) is 0.258. The van der Waals surface area contributed by atoms with Crippen molar-refractivity contribution in [2.75, 3.05) is 12.8 Å². The van der Waals surface area contributed by atoms with Gasteiger partial charge in [-0.25, -0.2) is 9.97 Å². The largest absolute Gasteiger partial charge is 0.433 e. The van der Waals surface area contributed by atoms with Gasteiger partial charge in [-0.3, -0.25) is 15.3 Å². The maximum Gasteiger partial charge on any atom is 0.387 e. The zero-order valence-electron chi connectivity index (χ0n) is 19.0. The Hall–Kier alpha value is -4.31. The minimum atomic E-state index is -2.92. The summed E-state index contributed by atoms with van der Waals surface area (Å²) in [7, 11) is 1.52. The summed E-state index contributed by atoms with van der Waals surface area (Å²) >= 11 is 5.99. The first-order chi connectivity index (χ1) is 17.5. The summed E-state index contributed by atoms with van der Waals surface area (Å²) < 4.78 is 32.7. The van der Waals surface area contributed by atoms with Crippen molar-refractivity contribution in [3.8, 4) is 34.2 Å². The highest BCUT2D eigenvalue weighted by Crippen LogP contribution is 2.31. The van der Waals surface area contributed by atoms with Gasteiger partial charge < -0.3 is 9.57 Å². The summed E-state index contributed by atoms with van der Waals surface area (Å²) in [5.74, 6) is 1.28. The Balaban J connectivity index is 1.70. The number of benzene rings is 1. The van der Waals surface area contributed by atoms with Gasteiger partial charge in [-0.15, -0.1) is 11.6 Å². The van der Waals surface area contributed by atoms with Crippen molar-refractivity contribution in [2.24, 2.45) is 0 Å². The Kier molecular flexibility index (Phi) is 6.34. The molecule has 0 amide bonds. The SMILES string of the molecule is CO[n+]1cccc(-c2nc3ccc(-c4ccc(OC(F)F)cn4)nc3n2-c2ccc(CCl)cc2)c1N. The fourth-order valence-corrected chi connectivity index (χ4v) is 3.99. The van der Waals surface area contributed by atoms with Crippen LogP contribution >= 0.6 is 11.6 Å². The van der Waals surface area contributed by atoms with E-state index in [9.17, 15) is 8.78 Å². The Morgan fingerprint density at radius 2 is 1.81 bits per heavy atom. The molecule has 0 radical (unpaired) electrons. The first-order valence-electron chi connectivity index (χ1n) is 10.8. The van der Waals surface area contributed by atoms with E-state index >= 15 is 0 Å². The Morgan fingerprint density at radius 3 is 2.47 bits per heavy atom. The second kappa shape index (κ2) is 9.74. The number of halogens is 3. The van der Waals surface area contributed by atoms with E-state index < -0.39 is 6.61 Å². The Bertz CT molecular complexity index is 1520. The summed E-state index contributed by atoms with van der Waals surface area (Å²) in [4.78, 5) is 19.2. The van der Waals surface area contributed by atoms with Crippen molar-refractivity contribution in [1.29, 1.82) is 0 Å². The maximum atomic E-state index is 12.5. The van der Waals surface area contributed by atoms with Crippen LogP contribution in [0.4, 0.5) is 14.6 Å². The molecule has 5 rings (SSSR count). The van der Waals surface area contributed by atoms with Gasteiger partial charge >= 0.3 is 12.4 Å². The van der Waals surface area contributed by atoms with Crippen molar-refractivity contribution in [2.45, 2.75) is 12.5 Å². The van der Waals surface area contributed by atoms with Crippen LogP contribution in [0.3, 0.4) is 0 Å². The van der Waals surface area contributed by atoms with Crippen molar-refractivity contribution >= 4 is 28.6 Å². The van der Waals surface area contributed by atoms with Crippen LogP contribution in [0.5, 0.6) is 5.75 Å². The molecule has 0 atom stereocenters. The number of aromatic nitrogens is 5. The molecule has 1 aromatic carbocycles. The van der Waals surface area contributed by atoms with Gasteiger partial charge in [0.1, 0.15) is 30.1 Å². The molecule has 0 aliphatic heterocycles. The minimum Gasteiger partial charge on any atom is -0.433 e. The molecule has 4 heterocycles. The van der Waals surface area contributed by atoms with Crippen LogP contribution < -0.4 is 20.0 Å². The number of imidazole rings is 1. The second-order valence-corrected chi connectivity index (χ2v) is 7.95. The lowest BCUT2D eigenvalue weighted by molar-refractivity contribution is -0.873. The average molecular weight is 510 g/mol. The average Bonchev–Trinajstić information content (AvgIpc) is 3.27. The van der Waals surface area contributed by atoms with Crippen molar-refractivity contribution in [3.05, 3.63) is 78.6 Å². The number of nitrogens with zero attached hydrogens (tertiary/aromatic N) is 5. The number of alkyl halides is 3. The first-order valence-corrected chi connectivity index (χ1v) is 11.3. The highest BCUT2D eigenvalue weighted by molar-refractivity contribution is 6.17. The molecule has 0 saturated carbocycles. The number of pyridine rings is 3. The monoisotopic (exact) mass is 509 g/mol. The number of hydrogen-bond donors (Lipinski definition) is 1. The molecule has 8 nitrogen and oxygen atoms in total. The molecule has 0 bridgehead atoms. The first kappa shape index (κ1) is 23.4. The number of rotatable bonds is 7. The fourth-order valence-electron chi connectivity index (χ4n) is 3.81. The van der Waals surface area contributed by atoms with E-state index in [0.29, 0.717) is 45.6 Å². The Labute approximate surface area is 209 Å². The lowest BCUT2D eigenvalue weighted by Crippen LogP contribution is -2.43. The van der Waals surface area contributed by atoms with Gasteiger partial charge in [-0.05, 0) is 58.8 Å². The third-order valence-electron chi connectivity index (χ3n) is 5.51. The zero-order chi connectivity index (χ0) is 25.2. The van der Waals surface area contributed by atoms with Gasteiger partial charge in [0.2, 0.25) is 0 Å². The van der Waals surface area contributed by atoms with E-state index in [4.69, 9.17) is 32.1 Å². The normalized spacial score (nSPS) is 11.2. The molecule has 0 unspecified atom stereocenters. The molecule has 2 N–H and O–H groups in total. The molecular weight excluding hydrogens is 490 g/mol. The predicted octanol–water partition coefficient (Wildman–Crippen LogP) is 4.42. The fraction of sp³-hybridized carbons (Fsp3) is 0.120. The summed E-state index contributed by atoms with van der Waals surface area (Å²) in [5, 5.41) is 0. The second-order valence-electron chi connectivity index (χ2n) is 7.68. The van der Waals surface area contributed by atoms with E-state index in [2.05, 4.69) is 9.72 Å². The van der Waals surface area contributed by atoms with E-state index in [1.807, 2.05) is 41.0 Å². The minimum absolute atomic E-state index is 0.0347. The van der Waals surface area contributed by atoms with Gasteiger partial charge in [0.05, 0.1) is 17.6 Å². The number of ether oxygens (including phenoxy) is 1. The number of nitrogens with two attached hydrogens (primary N) is 1. The molecule has 36 heavy (non-hydrogen) atoms. The summed E-state index contributed by atoms with van der Waals surface area (Å²) in [6, 6.07) is 17.9. The van der Waals surface area contributed by atoms with E-state index in [1.165, 1.54) is 24.1 Å². The van der Waals surface area contributed by atoms with Gasteiger partial charge in [-0.2, -0.15) is 8.78 Å². The van der Waals surface area contributed by atoms with Crippen LogP contribution in [0.1, 0.15) is 5.56 Å². The van der Waals surface area contributed by atoms with Crippen molar-refractivity contribution in [3.63, 3.8) is 0 Å². The molecule has 0 aliphatic rings. The molecule has 0 spiro atoms. The topological polar surface area (TPSA) is 92.0 Å². The van der Waals surface area contributed by atoms with Crippen molar-refractivity contribution < 1.29 is 23.1 Å². The van der Waals surface area contributed by atoms with Crippen LogP contribution in [0.25, 0.3) is 39.6 Å². The van der Waals surface area contributed by atoms with Gasteiger partial charge in [0, 0.05) is 11.6 Å². The number of hydrogen-bond acceptors (Lipinski definition) is 6. The molecular formula is C25H20ClF2N6O2+. The molecule has 0 aliphatic carbocycles. The lowest BCUT2D eigenvalue weighted by atomic mass is 10.2. The smallest absolute Gasteiger partial charge is 0.387 e. The summed E-state index contributed by atoms with van der Waals surface area (Å²) in [6.45, 7) is -2.92. The molecule has 5 aromatic rings. The third-order valence-corrected chi connectivity index (χ3v) is 5.82. The van der Waals surface area contributed by atoms with Gasteiger partial charge in [0.15, 0.2) is 11.5 Å². The molecule has 11 heteroatoms. The third kappa shape index (κ3) is 4.38. The zero-order valence-corrected chi connectivity index (χ0v) is 19.7. The molecule has 4 aromatic heterocycles. The highest BCUT2D eigenvalue weighted by atomic mass is 35.5.